The molecular weight excluding hydrogens is 740 g/mol. The maximum atomic E-state index is 5.84. The highest BCUT2D eigenvalue weighted by atomic mass is 79.9. The molecule has 0 radical (unpaired) electrons. The van der Waals surface area contributed by atoms with E-state index in [1.807, 2.05) is 49.4 Å². The number of anilines is 3. The van der Waals surface area contributed by atoms with Gasteiger partial charge in [0, 0.05) is 29.2 Å². The van der Waals surface area contributed by atoms with E-state index in [4.69, 9.17) is 17.2 Å². The average Bonchev–Trinajstić information content (AvgIpc) is 3.01. The summed E-state index contributed by atoms with van der Waals surface area (Å²) in [6.45, 7) is 4.04. The van der Waals surface area contributed by atoms with E-state index in [0.717, 1.165) is 32.9 Å². The Balaban J connectivity index is 0.000000163. The maximum Gasteiger partial charge on any atom is 0.170 e. The summed E-state index contributed by atoms with van der Waals surface area (Å²) in [6.07, 6.45) is 6.71. The van der Waals surface area contributed by atoms with Gasteiger partial charge in [-0.3, -0.25) is 9.97 Å². The molecule has 4 aromatic heterocycles. The highest BCUT2D eigenvalue weighted by Crippen LogP contribution is 2.25. The summed E-state index contributed by atoms with van der Waals surface area (Å²) in [7, 11) is 0. The Morgan fingerprint density at radius 3 is 1.77 bits per heavy atom. The summed E-state index contributed by atoms with van der Waals surface area (Å²) >= 11 is 9.55. The van der Waals surface area contributed by atoms with E-state index in [9.17, 15) is 0 Å². The van der Waals surface area contributed by atoms with Gasteiger partial charge in [0.1, 0.15) is 13.8 Å². The van der Waals surface area contributed by atoms with Gasteiger partial charge >= 0.3 is 0 Å². The predicted octanol–water partition coefficient (Wildman–Crippen LogP) is 7.38. The molecule has 2 aromatic carbocycles. The van der Waals surface area contributed by atoms with E-state index in [0.29, 0.717) is 31.3 Å². The van der Waals surface area contributed by atoms with E-state index >= 15 is 0 Å². The third-order valence-corrected chi connectivity index (χ3v) is 7.48. The summed E-state index contributed by atoms with van der Waals surface area (Å²) < 4.78 is 1.88. The first-order chi connectivity index (χ1) is 20.6. The average molecular weight is 769 g/mol. The van der Waals surface area contributed by atoms with Gasteiger partial charge in [-0.25, -0.2) is 19.9 Å². The van der Waals surface area contributed by atoms with Crippen molar-refractivity contribution in [3.63, 3.8) is 0 Å². The van der Waals surface area contributed by atoms with E-state index in [2.05, 4.69) is 108 Å². The lowest BCUT2D eigenvalue weighted by molar-refractivity contribution is 0.820. The highest BCUT2D eigenvalue weighted by Gasteiger charge is 2.10. The zero-order valence-electron chi connectivity index (χ0n) is 23.3. The molecule has 0 saturated carbocycles. The first-order valence-electron chi connectivity index (χ1n) is 13.0. The van der Waals surface area contributed by atoms with Gasteiger partial charge in [0.05, 0.1) is 29.5 Å². The van der Waals surface area contributed by atoms with Crippen molar-refractivity contribution in [2.24, 2.45) is 5.73 Å². The summed E-state index contributed by atoms with van der Waals surface area (Å²) in [4.78, 5) is 24.7. The minimum atomic E-state index is 0.0560. The SMILES string of the molecule is CC(N)c1ccc2ncccc2c1.CC(Nc1nc(Br)cnc1N)c1ccc2ncccc2c1.Nc1ncc(Br)nc1Br. The molecule has 4 heterocycles. The maximum absolute atomic E-state index is 5.84. The number of fused-ring (bicyclic) bond motifs is 2. The lowest BCUT2D eigenvalue weighted by Crippen LogP contribution is -2.11. The fraction of sp³-hybridized carbons (Fsp3) is 0.133. The molecule has 0 saturated heterocycles. The van der Waals surface area contributed by atoms with Crippen LogP contribution in [0.2, 0.25) is 0 Å². The number of pyridine rings is 2. The van der Waals surface area contributed by atoms with Crippen LogP contribution in [0.15, 0.2) is 99.3 Å². The molecule has 6 rings (SSSR count). The van der Waals surface area contributed by atoms with Gasteiger partial charge in [-0.15, -0.1) is 0 Å². The van der Waals surface area contributed by atoms with Gasteiger partial charge < -0.3 is 22.5 Å². The second-order valence-corrected chi connectivity index (χ2v) is 11.7. The third kappa shape index (κ3) is 9.10. The molecule has 0 amide bonds. The quantitative estimate of drug-likeness (QED) is 0.142. The van der Waals surface area contributed by atoms with E-state index in [1.165, 1.54) is 0 Å². The largest absolute Gasteiger partial charge is 0.381 e. The van der Waals surface area contributed by atoms with Crippen molar-refractivity contribution in [1.82, 2.24) is 29.9 Å². The second kappa shape index (κ2) is 15.1. The molecule has 0 aliphatic carbocycles. The van der Waals surface area contributed by atoms with E-state index in [1.54, 1.807) is 24.8 Å². The molecule has 6 aromatic rings. The number of nitrogens with two attached hydrogens (primary N) is 3. The number of rotatable bonds is 4. The van der Waals surface area contributed by atoms with Crippen LogP contribution < -0.4 is 22.5 Å². The van der Waals surface area contributed by atoms with Crippen LogP contribution >= 0.6 is 47.8 Å². The zero-order valence-corrected chi connectivity index (χ0v) is 28.0. The van der Waals surface area contributed by atoms with Crippen LogP contribution in [0.3, 0.4) is 0 Å². The van der Waals surface area contributed by atoms with Crippen molar-refractivity contribution in [1.29, 1.82) is 0 Å². The summed E-state index contributed by atoms with van der Waals surface area (Å²) in [5, 5.41) is 5.54. The van der Waals surface area contributed by atoms with Gasteiger partial charge in [0.25, 0.3) is 0 Å². The topological polar surface area (TPSA) is 167 Å². The molecule has 2 atom stereocenters. The highest BCUT2D eigenvalue weighted by molar-refractivity contribution is 9.11. The monoisotopic (exact) mass is 766 g/mol. The molecule has 2 unspecified atom stereocenters. The Bertz CT molecular complexity index is 1830. The zero-order chi connectivity index (χ0) is 30.9. The Hall–Kier alpha value is -3.78. The molecule has 0 spiro atoms. The summed E-state index contributed by atoms with van der Waals surface area (Å²) in [5.74, 6) is 1.36. The molecule has 13 heteroatoms. The first kappa shape index (κ1) is 32.1. The minimum Gasteiger partial charge on any atom is -0.381 e. The van der Waals surface area contributed by atoms with Gasteiger partial charge in [-0.1, -0.05) is 24.3 Å². The Morgan fingerprint density at radius 2 is 1.21 bits per heavy atom. The van der Waals surface area contributed by atoms with Crippen LogP contribution in [0.5, 0.6) is 0 Å². The van der Waals surface area contributed by atoms with Crippen LogP contribution in [0.25, 0.3) is 21.8 Å². The number of hydrogen-bond donors (Lipinski definition) is 4. The number of aromatic nitrogens is 6. The Labute approximate surface area is 274 Å². The standard InChI is InChI=1S/C15H14BrN5.C11H12N2.C4H3Br2N3/c1-9(20-15-14(17)19-8-13(16)21-15)10-4-5-12-11(7-10)3-2-6-18-12;1-8(12)9-4-5-11-10(7-9)3-2-6-13-11;5-2-1-8-4(7)3(6)9-2/h2-9H,1H3,(H2,17,19)(H,20,21);2-8H,12H2,1H3;1H,(H2,7,8). The first-order valence-corrected chi connectivity index (χ1v) is 15.4. The van der Waals surface area contributed by atoms with E-state index < -0.39 is 0 Å². The molecule has 0 fully saturated rings. The lowest BCUT2D eigenvalue weighted by Gasteiger charge is -2.16. The number of halogens is 3. The van der Waals surface area contributed by atoms with Crippen molar-refractivity contribution in [3.8, 4) is 0 Å². The van der Waals surface area contributed by atoms with Gasteiger partial charge in [0.2, 0.25) is 0 Å². The molecular formula is C30H29Br3N10. The van der Waals surface area contributed by atoms with Gasteiger partial charge in [-0.05, 0) is 109 Å². The number of nitrogens with zero attached hydrogens (tertiary/aromatic N) is 6. The molecule has 7 N–H and O–H groups in total. The molecule has 10 nitrogen and oxygen atoms in total. The van der Waals surface area contributed by atoms with Crippen molar-refractivity contribution in [2.45, 2.75) is 25.9 Å². The lowest BCUT2D eigenvalue weighted by atomic mass is 10.1. The summed E-state index contributed by atoms with van der Waals surface area (Å²) in [5.41, 5.74) is 21.3. The number of nitrogens with one attached hydrogen (secondary N) is 1. The normalized spacial score (nSPS) is 12.0. The van der Waals surface area contributed by atoms with Crippen molar-refractivity contribution in [3.05, 3.63) is 110 Å². The Morgan fingerprint density at radius 1 is 0.674 bits per heavy atom. The van der Waals surface area contributed by atoms with Crippen molar-refractivity contribution in [2.75, 3.05) is 16.8 Å². The smallest absolute Gasteiger partial charge is 0.170 e. The van der Waals surface area contributed by atoms with Crippen LogP contribution in [-0.4, -0.2) is 29.9 Å². The minimum absolute atomic E-state index is 0.0560. The van der Waals surface area contributed by atoms with Gasteiger partial charge in [-0.2, -0.15) is 0 Å². The molecule has 220 valence electrons. The summed E-state index contributed by atoms with van der Waals surface area (Å²) in [6, 6.07) is 20.4. The van der Waals surface area contributed by atoms with Crippen LogP contribution in [-0.2, 0) is 0 Å². The third-order valence-electron chi connectivity index (χ3n) is 6.13. The molecule has 43 heavy (non-hydrogen) atoms. The van der Waals surface area contributed by atoms with E-state index in [-0.39, 0.29) is 12.1 Å². The number of benzene rings is 2. The van der Waals surface area contributed by atoms with Gasteiger partial charge in [0.15, 0.2) is 17.5 Å². The number of nitrogen functional groups attached to an aromatic ring is 2. The fourth-order valence-corrected chi connectivity index (χ4v) is 4.96. The molecule has 0 aliphatic heterocycles. The molecule has 0 aliphatic rings. The second-order valence-electron chi connectivity index (χ2n) is 9.36. The van der Waals surface area contributed by atoms with Crippen molar-refractivity contribution < 1.29 is 0 Å². The van der Waals surface area contributed by atoms with Crippen LogP contribution in [0.1, 0.15) is 37.1 Å². The van der Waals surface area contributed by atoms with Crippen LogP contribution in [0.4, 0.5) is 17.5 Å². The predicted molar refractivity (Wildman–Crippen MR) is 184 cm³/mol. The molecule has 0 bridgehead atoms. The fourth-order valence-electron chi connectivity index (χ4n) is 3.87. The van der Waals surface area contributed by atoms with Crippen LogP contribution in [0, 0.1) is 0 Å². The Kier molecular flexibility index (Phi) is 11.3. The van der Waals surface area contributed by atoms with Crippen molar-refractivity contribution >= 4 is 87.0 Å². The number of hydrogen-bond acceptors (Lipinski definition) is 10.